The molecule has 0 fully saturated rings. The largest absolute Gasteiger partial charge is 0.316 e. The van der Waals surface area contributed by atoms with Gasteiger partial charge in [0.2, 0.25) is 0 Å². The Morgan fingerprint density at radius 3 is 2.79 bits per heavy atom. The number of hydrogen-bond donors (Lipinski definition) is 2. The maximum atomic E-state index is 3.59. The number of thioether (sulfide) groups is 1. The molecule has 0 spiro atoms. The summed E-state index contributed by atoms with van der Waals surface area (Å²) in [6, 6.07) is 8.80. The fraction of sp³-hybridized carbons (Fsp3) is 0.625. The fourth-order valence-corrected chi connectivity index (χ4v) is 3.64. The Kier molecular flexibility index (Phi) is 6.21. The first-order valence-corrected chi connectivity index (χ1v) is 8.29. The molecular weight excluding hydrogens is 252 g/mol. The summed E-state index contributed by atoms with van der Waals surface area (Å²) in [5.41, 5.74) is 1.53. The first-order valence-electron chi connectivity index (χ1n) is 7.41. The first kappa shape index (κ1) is 14.9. The first-order chi connectivity index (χ1) is 9.25. The number of rotatable bonds is 8. The maximum absolute atomic E-state index is 3.59. The normalized spacial score (nSPS) is 17.9. The van der Waals surface area contributed by atoms with Crippen LogP contribution in [0.4, 0.5) is 0 Å². The zero-order valence-corrected chi connectivity index (χ0v) is 12.9. The van der Waals surface area contributed by atoms with Crippen molar-refractivity contribution in [1.82, 2.24) is 10.6 Å². The van der Waals surface area contributed by atoms with Gasteiger partial charge in [-0.05, 0) is 50.0 Å². The number of benzene rings is 1. The van der Waals surface area contributed by atoms with E-state index in [1.54, 1.807) is 0 Å². The van der Waals surface area contributed by atoms with E-state index in [9.17, 15) is 0 Å². The third-order valence-electron chi connectivity index (χ3n) is 3.35. The quantitative estimate of drug-likeness (QED) is 0.715. The van der Waals surface area contributed by atoms with E-state index in [1.165, 1.54) is 23.3 Å². The predicted octanol–water partition coefficient (Wildman–Crippen LogP) is 2.93. The second kappa shape index (κ2) is 7.93. The summed E-state index contributed by atoms with van der Waals surface area (Å²) in [5, 5.41) is 7.79. The van der Waals surface area contributed by atoms with Crippen LogP contribution in [0, 0.1) is 5.92 Å². The lowest BCUT2D eigenvalue weighted by molar-refractivity contribution is 0.529. The summed E-state index contributed by atoms with van der Waals surface area (Å²) < 4.78 is 0. The number of nitrogens with one attached hydrogen (secondary N) is 2. The summed E-state index contributed by atoms with van der Waals surface area (Å²) in [6.45, 7) is 9.01. The van der Waals surface area contributed by atoms with E-state index in [2.05, 4.69) is 48.7 Å². The minimum Gasteiger partial charge on any atom is -0.316 e. The van der Waals surface area contributed by atoms with Gasteiger partial charge in [-0.25, -0.2) is 0 Å². The molecule has 0 aromatic heterocycles. The average Bonchev–Trinajstić information content (AvgIpc) is 2.79. The summed E-state index contributed by atoms with van der Waals surface area (Å²) >= 11 is 2.03. The summed E-state index contributed by atoms with van der Waals surface area (Å²) in [4.78, 5) is 1.48. The Morgan fingerprint density at radius 1 is 1.21 bits per heavy atom. The van der Waals surface area contributed by atoms with Crippen molar-refractivity contribution in [1.29, 1.82) is 0 Å². The van der Waals surface area contributed by atoms with Gasteiger partial charge in [-0.2, -0.15) is 0 Å². The lowest BCUT2D eigenvalue weighted by atomic mass is 10.1. The van der Waals surface area contributed by atoms with Crippen LogP contribution in [0.5, 0.6) is 0 Å². The Labute approximate surface area is 121 Å². The van der Waals surface area contributed by atoms with Crippen molar-refractivity contribution in [2.45, 2.75) is 36.8 Å². The second-order valence-corrected chi connectivity index (χ2v) is 7.05. The maximum Gasteiger partial charge on any atom is 0.0260 e. The summed E-state index contributed by atoms with van der Waals surface area (Å²) in [7, 11) is 0. The van der Waals surface area contributed by atoms with E-state index in [1.807, 2.05) is 11.8 Å². The van der Waals surface area contributed by atoms with Gasteiger partial charge in [-0.1, -0.05) is 32.0 Å². The molecule has 0 aliphatic carbocycles. The Morgan fingerprint density at radius 2 is 2.00 bits per heavy atom. The van der Waals surface area contributed by atoms with E-state index < -0.39 is 0 Å². The zero-order chi connectivity index (χ0) is 13.5. The van der Waals surface area contributed by atoms with Crippen LogP contribution in [-0.2, 0) is 6.42 Å². The zero-order valence-electron chi connectivity index (χ0n) is 12.1. The molecule has 3 heteroatoms. The van der Waals surface area contributed by atoms with E-state index in [-0.39, 0.29) is 0 Å². The number of fused-ring (bicyclic) bond motifs is 1. The highest BCUT2D eigenvalue weighted by molar-refractivity contribution is 8.00. The Hall–Kier alpha value is -0.510. The molecule has 1 aromatic carbocycles. The van der Waals surface area contributed by atoms with Crippen LogP contribution in [0.1, 0.15) is 25.8 Å². The molecule has 2 nitrogen and oxygen atoms in total. The standard InChI is InChI=1S/C16H26N2S/c1-13(2)11-17-8-5-9-18-12-15-10-14-6-3-4-7-16(14)19-15/h3-4,6-7,13,15,17-18H,5,8-12H2,1-2H3. The molecule has 0 bridgehead atoms. The molecule has 19 heavy (non-hydrogen) atoms. The monoisotopic (exact) mass is 278 g/mol. The van der Waals surface area contributed by atoms with Crippen LogP contribution < -0.4 is 10.6 Å². The molecular formula is C16H26N2S. The highest BCUT2D eigenvalue weighted by Crippen LogP contribution is 2.36. The van der Waals surface area contributed by atoms with Gasteiger partial charge in [0.05, 0.1) is 0 Å². The molecule has 1 aliphatic heterocycles. The van der Waals surface area contributed by atoms with Crippen molar-refractivity contribution in [2.75, 3.05) is 26.2 Å². The molecule has 0 radical (unpaired) electrons. The van der Waals surface area contributed by atoms with Crippen LogP contribution in [0.25, 0.3) is 0 Å². The lowest BCUT2D eigenvalue weighted by Crippen LogP contribution is -2.28. The lowest BCUT2D eigenvalue weighted by Gasteiger charge is -2.11. The molecule has 2 N–H and O–H groups in total. The van der Waals surface area contributed by atoms with Crippen molar-refractivity contribution in [2.24, 2.45) is 5.92 Å². The van der Waals surface area contributed by atoms with Gasteiger partial charge in [-0.15, -0.1) is 11.8 Å². The van der Waals surface area contributed by atoms with Gasteiger partial charge in [0.25, 0.3) is 0 Å². The third kappa shape index (κ3) is 5.17. The van der Waals surface area contributed by atoms with Gasteiger partial charge in [0.1, 0.15) is 0 Å². The SMILES string of the molecule is CC(C)CNCCCNCC1Cc2ccccc2S1. The van der Waals surface area contributed by atoms with Crippen molar-refractivity contribution < 1.29 is 0 Å². The van der Waals surface area contributed by atoms with Crippen LogP contribution in [0.3, 0.4) is 0 Å². The molecule has 0 saturated heterocycles. The molecule has 2 rings (SSSR count). The van der Waals surface area contributed by atoms with Gasteiger partial charge >= 0.3 is 0 Å². The minimum absolute atomic E-state index is 0.723. The molecule has 0 saturated carbocycles. The molecule has 1 atom stereocenters. The van der Waals surface area contributed by atoms with Crippen LogP contribution >= 0.6 is 11.8 Å². The highest BCUT2D eigenvalue weighted by atomic mass is 32.2. The van der Waals surface area contributed by atoms with Crippen molar-refractivity contribution in [3.05, 3.63) is 29.8 Å². The third-order valence-corrected chi connectivity index (χ3v) is 4.66. The molecule has 1 unspecified atom stereocenters. The molecule has 0 amide bonds. The summed E-state index contributed by atoms with van der Waals surface area (Å²) in [6.07, 6.45) is 2.44. The van der Waals surface area contributed by atoms with Crippen LogP contribution in [0.15, 0.2) is 29.2 Å². The van der Waals surface area contributed by atoms with E-state index in [0.717, 1.165) is 37.3 Å². The molecule has 1 heterocycles. The van der Waals surface area contributed by atoms with Crippen molar-refractivity contribution in [3.63, 3.8) is 0 Å². The predicted molar refractivity (Wildman–Crippen MR) is 85.0 cm³/mol. The fourth-order valence-electron chi connectivity index (χ4n) is 2.36. The van der Waals surface area contributed by atoms with Crippen LogP contribution in [0.2, 0.25) is 0 Å². The smallest absolute Gasteiger partial charge is 0.0260 e. The topological polar surface area (TPSA) is 24.1 Å². The van der Waals surface area contributed by atoms with Gasteiger partial charge < -0.3 is 10.6 Å². The van der Waals surface area contributed by atoms with Crippen LogP contribution in [-0.4, -0.2) is 31.4 Å². The minimum atomic E-state index is 0.723. The highest BCUT2D eigenvalue weighted by Gasteiger charge is 2.20. The summed E-state index contributed by atoms with van der Waals surface area (Å²) in [5.74, 6) is 0.751. The van der Waals surface area contributed by atoms with Crippen molar-refractivity contribution >= 4 is 11.8 Å². The Balaban J connectivity index is 1.52. The molecule has 1 aromatic rings. The van der Waals surface area contributed by atoms with Gasteiger partial charge in [0, 0.05) is 16.7 Å². The average molecular weight is 278 g/mol. The number of hydrogen-bond acceptors (Lipinski definition) is 3. The van der Waals surface area contributed by atoms with E-state index in [4.69, 9.17) is 0 Å². The van der Waals surface area contributed by atoms with E-state index >= 15 is 0 Å². The Bertz CT molecular complexity index is 354. The molecule has 106 valence electrons. The van der Waals surface area contributed by atoms with E-state index in [0.29, 0.717) is 0 Å². The molecule has 1 aliphatic rings. The van der Waals surface area contributed by atoms with Gasteiger partial charge in [0.15, 0.2) is 0 Å². The second-order valence-electron chi connectivity index (χ2n) is 5.71. The van der Waals surface area contributed by atoms with Crippen molar-refractivity contribution in [3.8, 4) is 0 Å². The van der Waals surface area contributed by atoms with Gasteiger partial charge in [-0.3, -0.25) is 0 Å².